The first-order valence-electron chi connectivity index (χ1n) is 4.75. The van der Waals surface area contributed by atoms with Crippen molar-refractivity contribution in [1.29, 1.82) is 0 Å². The van der Waals surface area contributed by atoms with Gasteiger partial charge in [0, 0.05) is 12.0 Å². The number of hydrogen-bond acceptors (Lipinski definition) is 4. The first kappa shape index (κ1) is 10.4. The monoisotopic (exact) mass is 219 g/mol. The molecule has 1 N–H and O–H groups in total. The molecule has 1 aromatic rings. The van der Waals surface area contributed by atoms with Crippen LogP contribution in [0.3, 0.4) is 0 Å². The van der Waals surface area contributed by atoms with Gasteiger partial charge in [-0.05, 0) is 5.56 Å². The molecule has 0 aromatic heterocycles. The minimum absolute atomic E-state index is 0.215. The highest BCUT2D eigenvalue weighted by molar-refractivity contribution is 6.00. The molecule has 5 heteroatoms. The Bertz CT molecular complexity index is 455. The van der Waals surface area contributed by atoms with Crippen molar-refractivity contribution in [3.63, 3.8) is 0 Å². The van der Waals surface area contributed by atoms with Gasteiger partial charge in [-0.2, -0.15) is 0 Å². The molecule has 2 rings (SSSR count). The minimum Gasteiger partial charge on any atom is -0.435 e. The summed E-state index contributed by atoms with van der Waals surface area (Å²) in [7, 11) is 0. The fourth-order valence-corrected chi connectivity index (χ4v) is 1.56. The zero-order valence-corrected chi connectivity index (χ0v) is 8.30. The Hall–Kier alpha value is -2.17. The molecule has 16 heavy (non-hydrogen) atoms. The van der Waals surface area contributed by atoms with E-state index in [0.29, 0.717) is 17.4 Å². The Morgan fingerprint density at radius 1 is 1.31 bits per heavy atom. The molecular weight excluding hydrogens is 210 g/mol. The lowest BCUT2D eigenvalue weighted by Crippen LogP contribution is -2.26. The summed E-state index contributed by atoms with van der Waals surface area (Å²) in [5.74, 6) is -0.467. The van der Waals surface area contributed by atoms with Crippen molar-refractivity contribution in [2.75, 3.05) is 0 Å². The highest BCUT2D eigenvalue weighted by atomic mass is 16.6. The van der Waals surface area contributed by atoms with Crippen LogP contribution >= 0.6 is 0 Å². The van der Waals surface area contributed by atoms with Crippen LogP contribution in [0.4, 0.5) is 4.79 Å². The lowest BCUT2D eigenvalue weighted by molar-refractivity contribution is -0.123. The van der Waals surface area contributed by atoms with Crippen molar-refractivity contribution >= 4 is 18.3 Å². The smallest absolute Gasteiger partial charge is 0.414 e. The van der Waals surface area contributed by atoms with Crippen molar-refractivity contribution < 1.29 is 19.1 Å². The number of nitrogens with one attached hydrogen (secondary N) is 1. The van der Waals surface area contributed by atoms with Crippen LogP contribution in [0.5, 0.6) is 0 Å². The summed E-state index contributed by atoms with van der Waals surface area (Å²) in [5.41, 5.74) is 1.19. The van der Waals surface area contributed by atoms with Crippen LogP contribution in [0.2, 0.25) is 0 Å². The van der Waals surface area contributed by atoms with Gasteiger partial charge in [0.2, 0.25) is 0 Å². The molecule has 1 aromatic carbocycles. The summed E-state index contributed by atoms with van der Waals surface area (Å²) in [6.45, 7) is 0. The number of ether oxygens (including phenoxy) is 1. The Kier molecular flexibility index (Phi) is 2.68. The maximum Gasteiger partial charge on any atom is 0.414 e. The van der Waals surface area contributed by atoms with Gasteiger partial charge >= 0.3 is 6.09 Å². The molecule has 0 aliphatic carbocycles. The van der Waals surface area contributed by atoms with Crippen LogP contribution in [-0.2, 0) is 16.0 Å². The van der Waals surface area contributed by atoms with Gasteiger partial charge < -0.3 is 4.74 Å². The molecule has 5 nitrogen and oxygen atoms in total. The molecule has 1 unspecified atom stereocenters. The van der Waals surface area contributed by atoms with Crippen LogP contribution in [0, 0.1) is 0 Å². The van der Waals surface area contributed by atoms with E-state index in [2.05, 4.69) is 0 Å². The molecule has 0 spiro atoms. The van der Waals surface area contributed by atoms with Gasteiger partial charge in [0.25, 0.3) is 5.91 Å². The van der Waals surface area contributed by atoms with Crippen LogP contribution < -0.4 is 5.32 Å². The lowest BCUT2D eigenvalue weighted by atomic mass is 10.0. The summed E-state index contributed by atoms with van der Waals surface area (Å²) in [4.78, 5) is 32.8. The zero-order chi connectivity index (χ0) is 11.5. The van der Waals surface area contributed by atoms with E-state index in [1.54, 1.807) is 24.3 Å². The van der Waals surface area contributed by atoms with Gasteiger partial charge in [-0.1, -0.05) is 24.3 Å². The minimum atomic E-state index is -0.839. The molecule has 1 saturated heterocycles. The Morgan fingerprint density at radius 2 is 2.06 bits per heavy atom. The van der Waals surface area contributed by atoms with Crippen molar-refractivity contribution in [2.24, 2.45) is 0 Å². The number of rotatable bonds is 3. The van der Waals surface area contributed by atoms with Crippen molar-refractivity contribution in [3.05, 3.63) is 35.4 Å². The average Bonchev–Trinajstić information content (AvgIpc) is 2.58. The standard InChI is InChI=1S/C11H9NO4/c13-6-8-4-2-1-3-7(8)5-9-10(14)12-11(15)16-9/h1-4,6,9H,5H2,(H,12,14,15). The van der Waals surface area contributed by atoms with E-state index in [1.165, 1.54) is 0 Å². The van der Waals surface area contributed by atoms with E-state index in [9.17, 15) is 14.4 Å². The third kappa shape index (κ3) is 1.93. The number of alkyl carbamates (subject to hydrolysis) is 1. The van der Waals surface area contributed by atoms with Gasteiger partial charge in [-0.3, -0.25) is 14.9 Å². The normalized spacial score (nSPS) is 19.1. The number of carbonyl (C=O) groups is 3. The second kappa shape index (κ2) is 4.14. The SMILES string of the molecule is O=Cc1ccccc1CC1OC(=O)NC1=O. The largest absolute Gasteiger partial charge is 0.435 e. The summed E-state index contributed by atoms with van der Waals surface area (Å²) in [6.07, 6.45) is -0.650. The van der Waals surface area contributed by atoms with E-state index in [0.717, 1.165) is 0 Å². The van der Waals surface area contributed by atoms with Gasteiger partial charge in [-0.15, -0.1) is 0 Å². The number of aldehydes is 1. The molecule has 82 valence electrons. The molecule has 0 bridgehead atoms. The van der Waals surface area contributed by atoms with Crippen LogP contribution in [-0.4, -0.2) is 24.4 Å². The average molecular weight is 219 g/mol. The fourth-order valence-electron chi connectivity index (χ4n) is 1.56. The highest BCUT2D eigenvalue weighted by Gasteiger charge is 2.32. The van der Waals surface area contributed by atoms with E-state index in [1.807, 2.05) is 5.32 Å². The lowest BCUT2D eigenvalue weighted by Gasteiger charge is -2.07. The third-order valence-corrected chi connectivity index (χ3v) is 2.35. The molecular formula is C11H9NO4. The molecule has 0 saturated carbocycles. The number of carbonyl (C=O) groups excluding carboxylic acids is 3. The van der Waals surface area contributed by atoms with E-state index < -0.39 is 18.1 Å². The Morgan fingerprint density at radius 3 is 2.69 bits per heavy atom. The van der Waals surface area contributed by atoms with Gasteiger partial charge in [0.15, 0.2) is 6.10 Å². The van der Waals surface area contributed by atoms with Gasteiger partial charge in [0.05, 0.1) is 0 Å². The topological polar surface area (TPSA) is 72.5 Å². The van der Waals surface area contributed by atoms with Crippen molar-refractivity contribution in [2.45, 2.75) is 12.5 Å². The molecule has 1 heterocycles. The van der Waals surface area contributed by atoms with Crippen molar-refractivity contribution in [3.8, 4) is 0 Å². The summed E-state index contributed by atoms with van der Waals surface area (Å²) in [6, 6.07) is 6.87. The Balaban J connectivity index is 2.18. The fraction of sp³-hybridized carbons (Fsp3) is 0.182. The molecule has 1 fully saturated rings. The molecule has 1 aliphatic rings. The van der Waals surface area contributed by atoms with Crippen LogP contribution in [0.15, 0.2) is 24.3 Å². The summed E-state index contributed by atoms with van der Waals surface area (Å²) >= 11 is 0. The van der Waals surface area contributed by atoms with E-state index >= 15 is 0 Å². The molecule has 1 aliphatic heterocycles. The quantitative estimate of drug-likeness (QED) is 0.758. The second-order valence-corrected chi connectivity index (χ2v) is 3.40. The highest BCUT2D eigenvalue weighted by Crippen LogP contribution is 2.13. The van der Waals surface area contributed by atoms with Gasteiger partial charge in [-0.25, -0.2) is 4.79 Å². The maximum atomic E-state index is 11.2. The predicted octanol–water partition coefficient (Wildman–Crippen LogP) is 0.677. The van der Waals surface area contributed by atoms with Gasteiger partial charge in [0.1, 0.15) is 6.29 Å². The first-order chi connectivity index (χ1) is 7.70. The predicted molar refractivity (Wildman–Crippen MR) is 53.9 cm³/mol. The molecule has 2 amide bonds. The Labute approximate surface area is 91.4 Å². The molecule has 1 atom stereocenters. The van der Waals surface area contributed by atoms with Crippen LogP contribution in [0.25, 0.3) is 0 Å². The zero-order valence-electron chi connectivity index (χ0n) is 8.30. The number of imide groups is 1. The maximum absolute atomic E-state index is 11.2. The number of cyclic esters (lactones) is 1. The number of amides is 2. The number of hydrogen-bond donors (Lipinski definition) is 1. The summed E-state index contributed by atoms with van der Waals surface area (Å²) < 4.78 is 4.76. The first-order valence-corrected chi connectivity index (χ1v) is 4.75. The van der Waals surface area contributed by atoms with E-state index in [-0.39, 0.29) is 6.42 Å². The van der Waals surface area contributed by atoms with Crippen LogP contribution in [0.1, 0.15) is 15.9 Å². The molecule has 0 radical (unpaired) electrons. The third-order valence-electron chi connectivity index (χ3n) is 2.35. The second-order valence-electron chi connectivity index (χ2n) is 3.40. The summed E-state index contributed by atoms with van der Waals surface area (Å²) in [5, 5.41) is 2.04. The van der Waals surface area contributed by atoms with Crippen molar-refractivity contribution in [1.82, 2.24) is 5.32 Å². The van der Waals surface area contributed by atoms with E-state index in [4.69, 9.17) is 4.74 Å². The number of benzene rings is 1.